The fourth-order valence-corrected chi connectivity index (χ4v) is 3.81. The van der Waals surface area contributed by atoms with Crippen LogP contribution in [-0.2, 0) is 20.4 Å². The summed E-state index contributed by atoms with van der Waals surface area (Å²) in [5.74, 6) is -1.48. The minimum Gasteiger partial charge on any atom is -0.325 e. The summed E-state index contributed by atoms with van der Waals surface area (Å²) in [5, 5.41) is 3.05. The van der Waals surface area contributed by atoms with E-state index < -0.39 is 21.4 Å². The van der Waals surface area contributed by atoms with Gasteiger partial charge in [0.1, 0.15) is 5.82 Å². The van der Waals surface area contributed by atoms with E-state index >= 15 is 0 Å². The van der Waals surface area contributed by atoms with Crippen LogP contribution in [0.15, 0.2) is 42.5 Å². The van der Waals surface area contributed by atoms with E-state index in [1.54, 1.807) is 24.3 Å². The van der Waals surface area contributed by atoms with Gasteiger partial charge in [0.15, 0.2) is 15.6 Å². The van der Waals surface area contributed by atoms with E-state index in [9.17, 15) is 22.4 Å². The molecular weight excluding hydrogens is 413 g/mol. The standard InChI is InChI=1S/C18H17ClFNO4S2/c1-27(24,25)11-13-4-7-15(8-16(13)20)21-18(23)10-26-9-17(22)12-2-5-14(19)6-3-12/h2-8H,9-11H2,1H3,(H,21,23). The SMILES string of the molecule is CS(=O)(=O)Cc1ccc(NC(=O)CSCC(=O)c2ccc(Cl)cc2)cc1F. The first-order valence-electron chi connectivity index (χ1n) is 7.76. The van der Waals surface area contributed by atoms with Crippen molar-refractivity contribution in [2.45, 2.75) is 5.75 Å². The molecule has 0 saturated heterocycles. The molecule has 0 fully saturated rings. The summed E-state index contributed by atoms with van der Waals surface area (Å²) in [4.78, 5) is 23.9. The van der Waals surface area contributed by atoms with Crippen molar-refractivity contribution in [2.24, 2.45) is 0 Å². The summed E-state index contributed by atoms with van der Waals surface area (Å²) in [6, 6.07) is 10.3. The molecule has 0 aliphatic rings. The number of Topliss-reactive ketones (excluding diaryl/α,β-unsaturated/α-hetero) is 1. The molecule has 2 aromatic rings. The average Bonchev–Trinajstić information content (AvgIpc) is 2.57. The Balaban J connectivity index is 1.84. The zero-order valence-corrected chi connectivity index (χ0v) is 16.8. The molecule has 1 N–H and O–H groups in total. The zero-order chi connectivity index (χ0) is 20.0. The molecule has 0 saturated carbocycles. The largest absolute Gasteiger partial charge is 0.325 e. The Bertz CT molecular complexity index is 946. The van der Waals surface area contributed by atoms with Gasteiger partial charge in [-0.1, -0.05) is 17.7 Å². The Morgan fingerprint density at radius 2 is 1.78 bits per heavy atom. The molecule has 0 unspecified atom stereocenters. The molecule has 0 atom stereocenters. The molecule has 0 aliphatic heterocycles. The number of amides is 1. The first kappa shape index (κ1) is 21.4. The highest BCUT2D eigenvalue weighted by molar-refractivity contribution is 8.00. The third-order valence-electron chi connectivity index (χ3n) is 3.39. The average molecular weight is 430 g/mol. The summed E-state index contributed by atoms with van der Waals surface area (Å²) >= 11 is 6.90. The molecule has 0 radical (unpaired) electrons. The van der Waals surface area contributed by atoms with Gasteiger partial charge in [0.05, 0.1) is 17.3 Å². The highest BCUT2D eigenvalue weighted by atomic mass is 35.5. The van der Waals surface area contributed by atoms with Gasteiger partial charge in [0.2, 0.25) is 5.91 Å². The molecule has 0 bridgehead atoms. The van der Waals surface area contributed by atoms with Crippen LogP contribution in [0.3, 0.4) is 0 Å². The van der Waals surface area contributed by atoms with Crippen LogP contribution in [0.25, 0.3) is 0 Å². The van der Waals surface area contributed by atoms with Crippen molar-refractivity contribution in [2.75, 3.05) is 23.1 Å². The topological polar surface area (TPSA) is 80.3 Å². The number of rotatable bonds is 8. The molecule has 2 rings (SSSR count). The molecule has 144 valence electrons. The number of nitrogens with one attached hydrogen (secondary N) is 1. The zero-order valence-electron chi connectivity index (χ0n) is 14.4. The smallest absolute Gasteiger partial charge is 0.234 e. The van der Waals surface area contributed by atoms with Gasteiger partial charge in [0.25, 0.3) is 0 Å². The maximum atomic E-state index is 13.9. The van der Waals surface area contributed by atoms with Crippen molar-refractivity contribution in [3.8, 4) is 0 Å². The van der Waals surface area contributed by atoms with Gasteiger partial charge in [0, 0.05) is 28.1 Å². The fraction of sp³-hybridized carbons (Fsp3) is 0.222. The number of sulfone groups is 1. The van der Waals surface area contributed by atoms with Crippen molar-refractivity contribution >= 4 is 50.6 Å². The summed E-state index contributed by atoms with van der Waals surface area (Å²) in [6.45, 7) is 0. The quantitative estimate of drug-likeness (QED) is 0.649. The summed E-state index contributed by atoms with van der Waals surface area (Å²) in [7, 11) is -3.35. The maximum Gasteiger partial charge on any atom is 0.234 e. The number of hydrogen-bond acceptors (Lipinski definition) is 5. The highest BCUT2D eigenvalue weighted by Crippen LogP contribution is 2.17. The van der Waals surface area contributed by atoms with Crippen molar-refractivity contribution < 1.29 is 22.4 Å². The predicted molar refractivity (Wildman–Crippen MR) is 107 cm³/mol. The second-order valence-corrected chi connectivity index (χ2v) is 9.41. The lowest BCUT2D eigenvalue weighted by atomic mass is 10.1. The fourth-order valence-electron chi connectivity index (χ4n) is 2.18. The van der Waals surface area contributed by atoms with E-state index in [0.717, 1.165) is 24.1 Å². The third kappa shape index (κ3) is 7.32. The molecule has 2 aromatic carbocycles. The number of benzene rings is 2. The lowest BCUT2D eigenvalue weighted by molar-refractivity contribution is -0.113. The second kappa shape index (κ2) is 9.34. The van der Waals surface area contributed by atoms with Gasteiger partial charge < -0.3 is 5.32 Å². The second-order valence-electron chi connectivity index (χ2n) is 5.85. The minimum absolute atomic E-state index is 0.0199. The van der Waals surface area contributed by atoms with Gasteiger partial charge in [-0.2, -0.15) is 0 Å². The Hall–Kier alpha value is -1.90. The summed E-state index contributed by atoms with van der Waals surface area (Å²) in [6.07, 6.45) is 1.02. The van der Waals surface area contributed by atoms with E-state index in [0.29, 0.717) is 10.6 Å². The van der Waals surface area contributed by atoms with Crippen LogP contribution < -0.4 is 5.32 Å². The van der Waals surface area contributed by atoms with Gasteiger partial charge in [-0.3, -0.25) is 9.59 Å². The first-order chi connectivity index (χ1) is 12.6. The molecule has 5 nitrogen and oxygen atoms in total. The van der Waals surface area contributed by atoms with Gasteiger partial charge in [-0.15, -0.1) is 11.8 Å². The lowest BCUT2D eigenvalue weighted by Crippen LogP contribution is -2.16. The van der Waals surface area contributed by atoms with Crippen LogP contribution in [0, 0.1) is 5.82 Å². The number of hydrogen-bond donors (Lipinski definition) is 1. The Morgan fingerprint density at radius 3 is 2.37 bits per heavy atom. The van der Waals surface area contributed by atoms with Gasteiger partial charge >= 0.3 is 0 Å². The van der Waals surface area contributed by atoms with Gasteiger partial charge in [-0.05, 0) is 36.4 Å². The number of anilines is 1. The predicted octanol–water partition coefficient (Wildman–Crippen LogP) is 3.58. The maximum absolute atomic E-state index is 13.9. The molecule has 0 aliphatic carbocycles. The van der Waals surface area contributed by atoms with Crippen LogP contribution in [0.2, 0.25) is 5.02 Å². The highest BCUT2D eigenvalue weighted by Gasteiger charge is 2.12. The monoisotopic (exact) mass is 429 g/mol. The first-order valence-corrected chi connectivity index (χ1v) is 11.4. The van der Waals surface area contributed by atoms with Crippen LogP contribution in [0.4, 0.5) is 10.1 Å². The van der Waals surface area contributed by atoms with Crippen molar-refractivity contribution in [3.63, 3.8) is 0 Å². The van der Waals surface area contributed by atoms with Crippen LogP contribution in [0.1, 0.15) is 15.9 Å². The number of thioether (sulfide) groups is 1. The van der Waals surface area contributed by atoms with E-state index in [1.165, 1.54) is 12.1 Å². The Kier molecular flexibility index (Phi) is 7.41. The molecule has 9 heteroatoms. The summed E-state index contributed by atoms with van der Waals surface area (Å²) < 4.78 is 36.4. The number of ketones is 1. The molecule has 0 heterocycles. The van der Waals surface area contributed by atoms with Crippen molar-refractivity contribution in [1.82, 2.24) is 0 Å². The van der Waals surface area contributed by atoms with Gasteiger partial charge in [-0.25, -0.2) is 12.8 Å². The number of carbonyl (C=O) groups excluding carboxylic acids is 2. The van der Waals surface area contributed by atoms with Crippen LogP contribution in [-0.4, -0.2) is 37.9 Å². The van der Waals surface area contributed by atoms with Crippen LogP contribution in [0.5, 0.6) is 0 Å². The number of halogens is 2. The van der Waals surface area contributed by atoms with Crippen molar-refractivity contribution in [1.29, 1.82) is 0 Å². The third-order valence-corrected chi connectivity index (χ3v) is 5.41. The molecule has 0 spiro atoms. The van der Waals surface area contributed by atoms with E-state index in [4.69, 9.17) is 11.6 Å². The molecule has 0 aromatic heterocycles. The van der Waals surface area contributed by atoms with E-state index in [1.807, 2.05) is 0 Å². The number of carbonyl (C=O) groups is 2. The normalized spacial score (nSPS) is 11.2. The van der Waals surface area contributed by atoms with E-state index in [-0.39, 0.29) is 34.4 Å². The molecule has 27 heavy (non-hydrogen) atoms. The minimum atomic E-state index is -3.35. The van der Waals surface area contributed by atoms with E-state index in [2.05, 4.69) is 5.32 Å². The summed E-state index contributed by atoms with van der Waals surface area (Å²) in [5.41, 5.74) is 0.772. The molecule has 1 amide bonds. The Labute approximate surface area is 166 Å². The lowest BCUT2D eigenvalue weighted by Gasteiger charge is -2.08. The Morgan fingerprint density at radius 1 is 1.11 bits per heavy atom. The van der Waals surface area contributed by atoms with Crippen molar-refractivity contribution in [3.05, 3.63) is 64.4 Å². The van der Waals surface area contributed by atoms with Crippen LogP contribution >= 0.6 is 23.4 Å². The molecular formula is C18H17ClFNO4S2.